The predicted octanol–water partition coefficient (Wildman–Crippen LogP) is 1.85. The van der Waals surface area contributed by atoms with Crippen molar-refractivity contribution >= 4 is 11.8 Å². The second-order valence-electron chi connectivity index (χ2n) is 6.03. The smallest absolute Gasteiger partial charge is 0.0731 e. The van der Waals surface area contributed by atoms with Gasteiger partial charge in [0, 0.05) is 29.9 Å². The molecule has 4 unspecified atom stereocenters. The number of fused-ring (bicyclic) bond motifs is 1. The maximum atomic E-state index is 6.22. The van der Waals surface area contributed by atoms with Gasteiger partial charge in [-0.1, -0.05) is 19.8 Å². The lowest BCUT2D eigenvalue weighted by molar-refractivity contribution is -0.124. The van der Waals surface area contributed by atoms with Gasteiger partial charge in [0.15, 0.2) is 0 Å². The van der Waals surface area contributed by atoms with Gasteiger partial charge in [-0.2, -0.15) is 11.8 Å². The molecule has 2 saturated heterocycles. The Balaban J connectivity index is 1.84. The van der Waals surface area contributed by atoms with Crippen molar-refractivity contribution in [2.45, 2.75) is 62.0 Å². The van der Waals surface area contributed by atoms with Crippen LogP contribution in [-0.4, -0.2) is 53.3 Å². The normalized spacial score (nSPS) is 46.0. The number of rotatable bonds is 2. The number of nitrogens with zero attached hydrogens (tertiary/aromatic N) is 1. The van der Waals surface area contributed by atoms with Crippen LogP contribution in [0.1, 0.15) is 39.0 Å². The molecule has 3 nitrogen and oxygen atoms in total. The summed E-state index contributed by atoms with van der Waals surface area (Å²) in [7, 11) is 0. The van der Waals surface area contributed by atoms with Crippen LogP contribution < -0.4 is 5.73 Å². The molecular formula is C14H26N2OS. The van der Waals surface area contributed by atoms with Gasteiger partial charge in [-0.05, 0) is 25.0 Å². The lowest BCUT2D eigenvalue weighted by Crippen LogP contribution is -2.66. The number of nitrogens with two attached hydrogens (primary N) is 1. The summed E-state index contributed by atoms with van der Waals surface area (Å²) in [4.78, 5) is 2.75. The van der Waals surface area contributed by atoms with Crippen LogP contribution in [0.15, 0.2) is 0 Å². The Kier molecular flexibility index (Phi) is 3.90. The van der Waals surface area contributed by atoms with Crippen LogP contribution in [-0.2, 0) is 4.74 Å². The van der Waals surface area contributed by atoms with E-state index in [-0.39, 0.29) is 5.54 Å². The van der Waals surface area contributed by atoms with Crippen LogP contribution in [0.25, 0.3) is 0 Å². The Morgan fingerprint density at radius 1 is 1.39 bits per heavy atom. The summed E-state index contributed by atoms with van der Waals surface area (Å²) in [6.07, 6.45) is 7.01. The summed E-state index contributed by atoms with van der Waals surface area (Å²) >= 11 is 2.10. The average molecular weight is 270 g/mol. The quantitative estimate of drug-likeness (QED) is 0.831. The first-order valence-electron chi connectivity index (χ1n) is 7.48. The number of morpholine rings is 1. The molecule has 3 fully saturated rings. The maximum Gasteiger partial charge on any atom is 0.0731 e. The summed E-state index contributed by atoms with van der Waals surface area (Å²) in [6.45, 7) is 5.17. The van der Waals surface area contributed by atoms with Crippen molar-refractivity contribution in [2.24, 2.45) is 5.73 Å². The lowest BCUT2D eigenvalue weighted by atomic mass is 9.83. The van der Waals surface area contributed by atoms with E-state index in [0.717, 1.165) is 19.7 Å². The molecule has 4 atom stereocenters. The Labute approximate surface area is 115 Å². The SMILES string of the molecule is CC1SCCC1(CN)N1CCOC2CCCCC21. The van der Waals surface area contributed by atoms with Crippen LogP contribution in [0.3, 0.4) is 0 Å². The highest BCUT2D eigenvalue weighted by Gasteiger charge is 2.50. The second-order valence-corrected chi connectivity index (χ2v) is 7.47. The molecule has 2 N–H and O–H groups in total. The molecule has 1 aliphatic carbocycles. The third kappa shape index (κ3) is 2.01. The summed E-state index contributed by atoms with van der Waals surface area (Å²) in [5, 5.41) is 0.670. The number of hydrogen-bond acceptors (Lipinski definition) is 4. The molecule has 0 aromatic rings. The van der Waals surface area contributed by atoms with Crippen molar-refractivity contribution in [1.82, 2.24) is 4.90 Å². The van der Waals surface area contributed by atoms with E-state index in [0.29, 0.717) is 17.4 Å². The van der Waals surface area contributed by atoms with E-state index in [1.165, 1.54) is 37.9 Å². The first-order chi connectivity index (χ1) is 8.78. The van der Waals surface area contributed by atoms with E-state index in [1.807, 2.05) is 0 Å². The molecule has 4 heteroatoms. The zero-order valence-corrected chi connectivity index (χ0v) is 12.3. The van der Waals surface area contributed by atoms with E-state index < -0.39 is 0 Å². The molecular weight excluding hydrogens is 244 g/mol. The first-order valence-corrected chi connectivity index (χ1v) is 8.53. The van der Waals surface area contributed by atoms with Crippen molar-refractivity contribution in [2.75, 3.05) is 25.4 Å². The van der Waals surface area contributed by atoms with Gasteiger partial charge < -0.3 is 10.5 Å². The fourth-order valence-electron chi connectivity index (χ4n) is 4.18. The molecule has 104 valence electrons. The van der Waals surface area contributed by atoms with Crippen molar-refractivity contribution in [3.8, 4) is 0 Å². The second kappa shape index (κ2) is 5.31. The molecule has 2 heterocycles. The minimum absolute atomic E-state index is 0.245. The Morgan fingerprint density at radius 2 is 2.22 bits per heavy atom. The largest absolute Gasteiger partial charge is 0.375 e. The van der Waals surface area contributed by atoms with E-state index >= 15 is 0 Å². The number of ether oxygens (including phenoxy) is 1. The van der Waals surface area contributed by atoms with Crippen molar-refractivity contribution in [3.63, 3.8) is 0 Å². The molecule has 1 saturated carbocycles. The van der Waals surface area contributed by atoms with E-state index in [1.54, 1.807) is 0 Å². The lowest BCUT2D eigenvalue weighted by Gasteiger charge is -2.53. The summed E-state index contributed by atoms with van der Waals surface area (Å²) < 4.78 is 6.01. The topological polar surface area (TPSA) is 38.5 Å². The monoisotopic (exact) mass is 270 g/mol. The molecule has 18 heavy (non-hydrogen) atoms. The fourth-order valence-corrected chi connectivity index (χ4v) is 5.67. The summed E-state index contributed by atoms with van der Waals surface area (Å²) in [6, 6.07) is 0.636. The van der Waals surface area contributed by atoms with Gasteiger partial charge in [-0.3, -0.25) is 4.90 Å². The molecule has 0 amide bonds. The zero-order chi connectivity index (χ0) is 12.6. The van der Waals surface area contributed by atoms with Crippen LogP contribution in [0, 0.1) is 0 Å². The molecule has 0 radical (unpaired) electrons. The van der Waals surface area contributed by atoms with Gasteiger partial charge in [0.2, 0.25) is 0 Å². The van der Waals surface area contributed by atoms with Crippen LogP contribution >= 0.6 is 11.8 Å². The van der Waals surface area contributed by atoms with Crippen LogP contribution in [0.5, 0.6) is 0 Å². The maximum absolute atomic E-state index is 6.22. The highest BCUT2D eigenvalue weighted by atomic mass is 32.2. The van der Waals surface area contributed by atoms with Crippen molar-refractivity contribution in [3.05, 3.63) is 0 Å². The third-order valence-electron chi connectivity index (χ3n) is 5.32. The zero-order valence-electron chi connectivity index (χ0n) is 11.4. The van der Waals surface area contributed by atoms with Crippen LogP contribution in [0.4, 0.5) is 0 Å². The van der Waals surface area contributed by atoms with Gasteiger partial charge in [0.25, 0.3) is 0 Å². The Hall–Kier alpha value is 0.230. The molecule has 3 rings (SSSR count). The number of thioether (sulfide) groups is 1. The van der Waals surface area contributed by atoms with Gasteiger partial charge in [-0.25, -0.2) is 0 Å². The Bertz CT molecular complexity index is 300. The van der Waals surface area contributed by atoms with Gasteiger partial charge in [0.05, 0.1) is 12.7 Å². The van der Waals surface area contributed by atoms with E-state index in [9.17, 15) is 0 Å². The van der Waals surface area contributed by atoms with E-state index in [2.05, 4.69) is 23.6 Å². The van der Waals surface area contributed by atoms with Crippen molar-refractivity contribution < 1.29 is 4.74 Å². The fraction of sp³-hybridized carbons (Fsp3) is 1.00. The summed E-state index contributed by atoms with van der Waals surface area (Å²) in [5.41, 5.74) is 6.46. The van der Waals surface area contributed by atoms with Gasteiger partial charge >= 0.3 is 0 Å². The molecule has 0 bridgehead atoms. The van der Waals surface area contributed by atoms with Gasteiger partial charge in [0.1, 0.15) is 0 Å². The van der Waals surface area contributed by atoms with Crippen LogP contribution in [0.2, 0.25) is 0 Å². The molecule has 0 spiro atoms. The first kappa shape index (κ1) is 13.2. The highest BCUT2D eigenvalue weighted by Crippen LogP contribution is 2.43. The minimum atomic E-state index is 0.245. The molecule has 2 aliphatic heterocycles. The molecule has 0 aromatic heterocycles. The minimum Gasteiger partial charge on any atom is -0.375 e. The molecule has 0 aromatic carbocycles. The van der Waals surface area contributed by atoms with Gasteiger partial charge in [-0.15, -0.1) is 0 Å². The number of hydrogen-bond donors (Lipinski definition) is 1. The predicted molar refractivity (Wildman–Crippen MR) is 77.0 cm³/mol. The summed E-state index contributed by atoms with van der Waals surface area (Å²) in [5.74, 6) is 1.27. The Morgan fingerprint density at radius 3 is 2.94 bits per heavy atom. The van der Waals surface area contributed by atoms with Crippen molar-refractivity contribution in [1.29, 1.82) is 0 Å². The molecule has 3 aliphatic rings. The standard InChI is InChI=1S/C14H26N2OS/c1-11-14(10-15,6-9-18-11)16-7-8-17-13-5-3-2-4-12(13)16/h11-13H,2-10,15H2,1H3. The average Bonchev–Trinajstić information content (AvgIpc) is 2.80. The van der Waals surface area contributed by atoms with E-state index in [4.69, 9.17) is 10.5 Å². The highest BCUT2D eigenvalue weighted by molar-refractivity contribution is 8.00. The third-order valence-corrected chi connectivity index (χ3v) is 6.70.